The molecular weight excluding hydrogens is 434 g/mol. The van der Waals surface area contributed by atoms with E-state index in [1.165, 1.54) is 42.4 Å². The van der Waals surface area contributed by atoms with E-state index in [0.29, 0.717) is 30.0 Å². The van der Waals surface area contributed by atoms with Crippen molar-refractivity contribution in [2.45, 2.75) is 31.6 Å². The Morgan fingerprint density at radius 3 is 2.38 bits per heavy atom. The standard InChI is InChI=1S/C22H25N3O6S/c1-15(26)17-8-9-20(23-16(2)27)21(12-17)31-14-22(28)24-18-6-5-7-19(13-18)32(29,30)25-10-3-4-11-25/h5-9,12-13H,3-4,10-11,14H2,1-2H3,(H,23,27)(H,24,28). The molecule has 1 heterocycles. The number of nitrogens with one attached hydrogen (secondary N) is 2. The van der Waals surface area contributed by atoms with Crippen molar-refractivity contribution in [3.8, 4) is 5.75 Å². The predicted molar refractivity (Wildman–Crippen MR) is 119 cm³/mol. The van der Waals surface area contributed by atoms with Gasteiger partial charge in [0.2, 0.25) is 15.9 Å². The van der Waals surface area contributed by atoms with Crippen LogP contribution in [0.5, 0.6) is 5.75 Å². The molecule has 0 aliphatic carbocycles. The van der Waals surface area contributed by atoms with Crippen LogP contribution in [-0.4, -0.2) is 50.0 Å². The number of carbonyl (C=O) groups excluding carboxylic acids is 3. The van der Waals surface area contributed by atoms with Crippen molar-refractivity contribution < 1.29 is 27.5 Å². The van der Waals surface area contributed by atoms with Crippen LogP contribution in [0, 0.1) is 0 Å². The summed E-state index contributed by atoms with van der Waals surface area (Å²) < 4.78 is 32.4. The minimum absolute atomic E-state index is 0.111. The van der Waals surface area contributed by atoms with Crippen molar-refractivity contribution in [3.05, 3.63) is 48.0 Å². The van der Waals surface area contributed by atoms with E-state index in [1.807, 2.05) is 0 Å². The SMILES string of the molecule is CC(=O)Nc1ccc(C(C)=O)cc1OCC(=O)Nc1cccc(S(=O)(=O)N2CCCC2)c1. The summed E-state index contributed by atoms with van der Waals surface area (Å²) in [6.07, 6.45) is 1.66. The maximum absolute atomic E-state index is 12.7. The van der Waals surface area contributed by atoms with E-state index < -0.39 is 22.5 Å². The topological polar surface area (TPSA) is 122 Å². The first-order valence-electron chi connectivity index (χ1n) is 10.1. The Labute approximate surface area is 186 Å². The average molecular weight is 460 g/mol. The summed E-state index contributed by atoms with van der Waals surface area (Å²) in [4.78, 5) is 35.6. The lowest BCUT2D eigenvalue weighted by molar-refractivity contribution is -0.118. The quantitative estimate of drug-likeness (QED) is 0.585. The maximum atomic E-state index is 12.7. The third-order valence-electron chi connectivity index (χ3n) is 4.88. The van der Waals surface area contributed by atoms with E-state index in [4.69, 9.17) is 4.74 Å². The number of benzene rings is 2. The fourth-order valence-electron chi connectivity index (χ4n) is 3.31. The summed E-state index contributed by atoms with van der Waals surface area (Å²) in [7, 11) is -3.60. The number of Topliss-reactive ketones (excluding diaryl/α,β-unsaturated/α-hetero) is 1. The number of ether oxygens (including phenoxy) is 1. The molecule has 2 N–H and O–H groups in total. The van der Waals surface area contributed by atoms with Gasteiger partial charge in [0.25, 0.3) is 5.91 Å². The second kappa shape index (κ2) is 9.92. The Morgan fingerprint density at radius 1 is 1.00 bits per heavy atom. The van der Waals surface area contributed by atoms with Crippen LogP contribution in [-0.2, 0) is 19.6 Å². The van der Waals surface area contributed by atoms with E-state index >= 15 is 0 Å². The first-order chi connectivity index (χ1) is 15.2. The van der Waals surface area contributed by atoms with Crippen LogP contribution in [0.25, 0.3) is 0 Å². The van der Waals surface area contributed by atoms with Gasteiger partial charge in [-0.1, -0.05) is 6.07 Å². The van der Waals surface area contributed by atoms with E-state index in [-0.39, 0.29) is 22.3 Å². The van der Waals surface area contributed by atoms with Crippen LogP contribution >= 0.6 is 0 Å². The number of ketones is 1. The molecular formula is C22H25N3O6S. The number of rotatable bonds is 8. The zero-order valence-corrected chi connectivity index (χ0v) is 18.7. The highest BCUT2D eigenvalue weighted by Crippen LogP contribution is 2.27. The molecule has 0 saturated carbocycles. The van der Waals surface area contributed by atoms with Gasteiger partial charge in [0.15, 0.2) is 12.4 Å². The zero-order valence-electron chi connectivity index (χ0n) is 17.9. The second-order valence-electron chi connectivity index (χ2n) is 7.42. The molecule has 2 aromatic rings. The number of nitrogens with zero attached hydrogens (tertiary/aromatic N) is 1. The van der Waals surface area contributed by atoms with Crippen molar-refractivity contribution in [1.29, 1.82) is 0 Å². The molecule has 1 saturated heterocycles. The molecule has 0 bridgehead atoms. The Morgan fingerprint density at radius 2 is 1.72 bits per heavy atom. The average Bonchev–Trinajstić information content (AvgIpc) is 3.28. The molecule has 2 amide bonds. The molecule has 0 atom stereocenters. The fourth-order valence-corrected chi connectivity index (χ4v) is 4.87. The lowest BCUT2D eigenvalue weighted by atomic mass is 10.1. The molecule has 2 aromatic carbocycles. The largest absolute Gasteiger partial charge is 0.482 e. The summed E-state index contributed by atoms with van der Waals surface area (Å²) in [5.74, 6) is -0.869. The minimum Gasteiger partial charge on any atom is -0.482 e. The van der Waals surface area contributed by atoms with Crippen molar-refractivity contribution in [2.24, 2.45) is 0 Å². The van der Waals surface area contributed by atoms with Crippen molar-refractivity contribution >= 4 is 39.0 Å². The van der Waals surface area contributed by atoms with Gasteiger partial charge in [0.1, 0.15) is 5.75 Å². The molecule has 0 spiro atoms. The molecule has 1 fully saturated rings. The number of sulfonamides is 1. The number of anilines is 2. The minimum atomic E-state index is -3.60. The van der Waals surface area contributed by atoms with Crippen molar-refractivity contribution in [1.82, 2.24) is 4.31 Å². The summed E-state index contributed by atoms with van der Waals surface area (Å²) in [5, 5.41) is 5.20. The van der Waals surface area contributed by atoms with Gasteiger partial charge in [-0.05, 0) is 56.2 Å². The summed E-state index contributed by atoms with van der Waals surface area (Å²) in [6.45, 7) is 3.30. The lowest BCUT2D eigenvalue weighted by Crippen LogP contribution is -2.28. The Kier molecular flexibility index (Phi) is 7.26. The monoisotopic (exact) mass is 459 g/mol. The normalized spacial score (nSPS) is 14.1. The Bertz CT molecular complexity index is 1140. The van der Waals surface area contributed by atoms with Crippen LogP contribution in [0.15, 0.2) is 47.4 Å². The van der Waals surface area contributed by atoms with Gasteiger partial charge >= 0.3 is 0 Å². The summed E-state index contributed by atoms with van der Waals surface area (Å²) >= 11 is 0. The van der Waals surface area contributed by atoms with Crippen LogP contribution in [0.1, 0.15) is 37.0 Å². The number of carbonyl (C=O) groups is 3. The van der Waals surface area contributed by atoms with Gasteiger partial charge in [-0.15, -0.1) is 0 Å². The second-order valence-corrected chi connectivity index (χ2v) is 9.36. The maximum Gasteiger partial charge on any atom is 0.262 e. The lowest BCUT2D eigenvalue weighted by Gasteiger charge is -2.16. The van der Waals surface area contributed by atoms with Crippen molar-refractivity contribution in [3.63, 3.8) is 0 Å². The van der Waals surface area contributed by atoms with Crippen LogP contribution in [0.3, 0.4) is 0 Å². The molecule has 0 radical (unpaired) electrons. The smallest absolute Gasteiger partial charge is 0.262 e. The zero-order chi connectivity index (χ0) is 23.3. The highest BCUT2D eigenvalue weighted by molar-refractivity contribution is 7.89. The molecule has 3 rings (SSSR count). The Hall–Kier alpha value is -3.24. The summed E-state index contributed by atoms with van der Waals surface area (Å²) in [6, 6.07) is 10.6. The van der Waals surface area contributed by atoms with Gasteiger partial charge in [-0.25, -0.2) is 8.42 Å². The van der Waals surface area contributed by atoms with Crippen LogP contribution in [0.2, 0.25) is 0 Å². The molecule has 170 valence electrons. The first kappa shape index (κ1) is 23.4. The van der Waals surface area contributed by atoms with E-state index in [2.05, 4.69) is 10.6 Å². The van der Waals surface area contributed by atoms with Gasteiger partial charge in [0, 0.05) is 31.3 Å². The molecule has 1 aliphatic heterocycles. The number of hydrogen-bond donors (Lipinski definition) is 2. The van der Waals surface area contributed by atoms with Crippen molar-refractivity contribution in [2.75, 3.05) is 30.3 Å². The first-order valence-corrected chi connectivity index (χ1v) is 11.6. The van der Waals surface area contributed by atoms with E-state index in [0.717, 1.165) is 12.8 Å². The third kappa shape index (κ3) is 5.71. The fraction of sp³-hybridized carbons (Fsp3) is 0.318. The number of hydrogen-bond acceptors (Lipinski definition) is 6. The van der Waals surface area contributed by atoms with Crippen LogP contribution in [0.4, 0.5) is 11.4 Å². The van der Waals surface area contributed by atoms with E-state index in [1.54, 1.807) is 18.2 Å². The molecule has 0 unspecified atom stereocenters. The molecule has 0 aromatic heterocycles. The highest BCUT2D eigenvalue weighted by atomic mass is 32.2. The molecule has 1 aliphatic rings. The Balaban J connectivity index is 1.70. The predicted octanol–water partition coefficient (Wildman–Crippen LogP) is 2.65. The molecule has 10 heteroatoms. The van der Waals surface area contributed by atoms with Gasteiger partial charge in [-0.2, -0.15) is 4.31 Å². The highest BCUT2D eigenvalue weighted by Gasteiger charge is 2.27. The van der Waals surface area contributed by atoms with Gasteiger partial charge in [0.05, 0.1) is 10.6 Å². The summed E-state index contributed by atoms with van der Waals surface area (Å²) in [5.41, 5.74) is 1.02. The number of amides is 2. The van der Waals surface area contributed by atoms with Gasteiger partial charge in [-0.3, -0.25) is 14.4 Å². The molecule has 9 nitrogen and oxygen atoms in total. The third-order valence-corrected chi connectivity index (χ3v) is 6.77. The van der Waals surface area contributed by atoms with E-state index in [9.17, 15) is 22.8 Å². The molecule has 32 heavy (non-hydrogen) atoms. The van der Waals surface area contributed by atoms with Gasteiger partial charge < -0.3 is 15.4 Å². The van der Waals surface area contributed by atoms with Crippen LogP contribution < -0.4 is 15.4 Å².